The van der Waals surface area contributed by atoms with Crippen LogP contribution in [0.4, 0.5) is 4.39 Å². The third-order valence-electron chi connectivity index (χ3n) is 2.83. The van der Waals surface area contributed by atoms with Crippen LogP contribution in [0.25, 0.3) is 0 Å². The maximum atomic E-state index is 13.1. The van der Waals surface area contributed by atoms with E-state index in [0.29, 0.717) is 5.56 Å². The molecule has 1 unspecified atom stereocenters. The van der Waals surface area contributed by atoms with Gasteiger partial charge >= 0.3 is 0 Å². The summed E-state index contributed by atoms with van der Waals surface area (Å²) in [5.41, 5.74) is 0.714. The number of nitrogens with one attached hydrogen (secondary N) is 1. The van der Waals surface area contributed by atoms with Gasteiger partial charge in [0, 0.05) is 12.1 Å². The second-order valence-corrected chi connectivity index (χ2v) is 6.10. The van der Waals surface area contributed by atoms with Gasteiger partial charge in [-0.25, -0.2) is 17.5 Å². The Morgan fingerprint density at radius 3 is 2.75 bits per heavy atom. The van der Waals surface area contributed by atoms with Crippen LogP contribution in [0.15, 0.2) is 46.1 Å². The first-order chi connectivity index (χ1) is 9.40. The Morgan fingerprint density at radius 2 is 2.15 bits per heavy atom. The van der Waals surface area contributed by atoms with Crippen molar-refractivity contribution >= 4 is 10.0 Å². The molecule has 2 rings (SSSR count). The minimum Gasteiger partial charge on any atom is -0.472 e. The van der Waals surface area contributed by atoms with Gasteiger partial charge in [-0.15, -0.1) is 0 Å². The molecule has 2 aromatic rings. The highest BCUT2D eigenvalue weighted by Gasteiger charge is 2.18. The summed E-state index contributed by atoms with van der Waals surface area (Å²) < 4.78 is 44.2. The molecule has 108 valence electrons. The van der Waals surface area contributed by atoms with E-state index in [2.05, 4.69) is 4.72 Å². The van der Waals surface area contributed by atoms with Crippen LogP contribution in [0.3, 0.4) is 0 Å². The van der Waals surface area contributed by atoms with Crippen LogP contribution in [-0.2, 0) is 10.0 Å². The number of aryl methyl sites for hydroxylation is 1. The Kier molecular flexibility index (Phi) is 4.22. The predicted octanol–water partition coefficient (Wildman–Crippen LogP) is 1.74. The third-order valence-corrected chi connectivity index (χ3v) is 4.26. The van der Waals surface area contributed by atoms with Crippen LogP contribution in [-0.4, -0.2) is 20.1 Å². The van der Waals surface area contributed by atoms with Gasteiger partial charge in [0.25, 0.3) is 0 Å². The number of benzene rings is 1. The fraction of sp³-hybridized carbons (Fsp3) is 0.231. The van der Waals surface area contributed by atoms with Crippen molar-refractivity contribution in [3.05, 3.63) is 53.7 Å². The minimum atomic E-state index is -3.79. The summed E-state index contributed by atoms with van der Waals surface area (Å²) in [6.45, 7) is 1.28. The van der Waals surface area contributed by atoms with Crippen LogP contribution in [0, 0.1) is 12.7 Å². The molecule has 0 aliphatic carbocycles. The monoisotopic (exact) mass is 299 g/mol. The molecule has 1 aromatic heterocycles. The average molecular weight is 299 g/mol. The molecule has 0 saturated heterocycles. The number of aliphatic hydroxyl groups excluding tert-OH is 1. The number of hydrogen-bond acceptors (Lipinski definition) is 4. The van der Waals surface area contributed by atoms with E-state index < -0.39 is 21.9 Å². The summed E-state index contributed by atoms with van der Waals surface area (Å²) in [7, 11) is -3.79. The van der Waals surface area contributed by atoms with Crippen molar-refractivity contribution in [2.75, 3.05) is 6.54 Å². The van der Waals surface area contributed by atoms with Gasteiger partial charge in [-0.1, -0.05) is 0 Å². The van der Waals surface area contributed by atoms with Crippen molar-refractivity contribution in [2.24, 2.45) is 0 Å². The zero-order chi connectivity index (χ0) is 14.8. The Morgan fingerprint density at radius 1 is 1.40 bits per heavy atom. The van der Waals surface area contributed by atoms with E-state index in [9.17, 15) is 17.9 Å². The maximum absolute atomic E-state index is 13.1. The number of hydrogen-bond donors (Lipinski definition) is 2. The van der Waals surface area contributed by atoms with Crippen molar-refractivity contribution in [2.45, 2.75) is 17.9 Å². The van der Waals surface area contributed by atoms with Gasteiger partial charge in [0.05, 0.1) is 23.5 Å². The molecule has 2 N–H and O–H groups in total. The van der Waals surface area contributed by atoms with Gasteiger partial charge in [0.2, 0.25) is 10.0 Å². The van der Waals surface area contributed by atoms with Crippen molar-refractivity contribution in [1.82, 2.24) is 4.72 Å². The molecule has 0 aliphatic heterocycles. The van der Waals surface area contributed by atoms with Gasteiger partial charge in [-0.05, 0) is 36.8 Å². The van der Waals surface area contributed by atoms with E-state index in [-0.39, 0.29) is 17.0 Å². The summed E-state index contributed by atoms with van der Waals surface area (Å²) >= 11 is 0. The molecule has 20 heavy (non-hydrogen) atoms. The van der Waals surface area contributed by atoms with Crippen molar-refractivity contribution < 1.29 is 22.3 Å². The molecule has 0 amide bonds. The van der Waals surface area contributed by atoms with E-state index in [1.807, 2.05) is 0 Å². The van der Waals surface area contributed by atoms with Gasteiger partial charge in [0.15, 0.2) is 0 Å². The third kappa shape index (κ3) is 3.24. The molecule has 0 aliphatic rings. The zero-order valence-electron chi connectivity index (χ0n) is 10.7. The predicted molar refractivity (Wildman–Crippen MR) is 70.0 cm³/mol. The average Bonchev–Trinajstić information content (AvgIpc) is 2.93. The first-order valence-electron chi connectivity index (χ1n) is 5.86. The second-order valence-electron chi connectivity index (χ2n) is 4.34. The van der Waals surface area contributed by atoms with Crippen LogP contribution in [0.1, 0.15) is 17.2 Å². The number of sulfonamides is 1. The summed E-state index contributed by atoms with van der Waals surface area (Å²) in [4.78, 5) is -0.0456. The smallest absolute Gasteiger partial charge is 0.240 e. The fourth-order valence-corrected chi connectivity index (χ4v) is 2.76. The van der Waals surface area contributed by atoms with E-state index in [1.165, 1.54) is 31.6 Å². The summed E-state index contributed by atoms with van der Waals surface area (Å²) in [5, 5.41) is 9.77. The largest absolute Gasteiger partial charge is 0.472 e. The first-order valence-corrected chi connectivity index (χ1v) is 7.34. The van der Waals surface area contributed by atoms with Gasteiger partial charge in [0.1, 0.15) is 5.82 Å². The van der Waals surface area contributed by atoms with Crippen LogP contribution < -0.4 is 4.72 Å². The van der Waals surface area contributed by atoms with Crippen molar-refractivity contribution in [1.29, 1.82) is 0 Å². The van der Waals surface area contributed by atoms with E-state index in [1.54, 1.807) is 6.07 Å². The SMILES string of the molecule is Cc1cc(S(=O)(=O)NCC(O)c2ccoc2)ccc1F. The molecule has 0 radical (unpaired) electrons. The molecule has 0 fully saturated rings. The van der Waals surface area contributed by atoms with Crippen molar-refractivity contribution in [3.63, 3.8) is 0 Å². The standard InChI is InChI=1S/C13H14FNO4S/c1-9-6-11(2-3-12(9)14)20(17,18)15-7-13(16)10-4-5-19-8-10/h2-6,8,13,15-16H,7H2,1H3. The van der Waals surface area contributed by atoms with Gasteiger partial charge < -0.3 is 9.52 Å². The maximum Gasteiger partial charge on any atom is 0.240 e. The molecule has 5 nitrogen and oxygen atoms in total. The van der Waals surface area contributed by atoms with E-state index in [0.717, 1.165) is 6.07 Å². The Bertz CT molecular complexity index is 682. The number of rotatable bonds is 5. The van der Waals surface area contributed by atoms with E-state index >= 15 is 0 Å². The summed E-state index contributed by atoms with van der Waals surface area (Å²) in [6, 6.07) is 5.05. The number of halogens is 1. The molecule has 1 atom stereocenters. The molecular formula is C13H14FNO4S. The molecule has 0 saturated carbocycles. The van der Waals surface area contributed by atoms with Gasteiger partial charge in [-0.2, -0.15) is 0 Å². The molecular weight excluding hydrogens is 285 g/mol. The molecule has 0 bridgehead atoms. The topological polar surface area (TPSA) is 79.5 Å². The Hall–Kier alpha value is -1.70. The highest BCUT2D eigenvalue weighted by atomic mass is 32.2. The van der Waals surface area contributed by atoms with Gasteiger partial charge in [-0.3, -0.25) is 0 Å². The quantitative estimate of drug-likeness (QED) is 0.881. The minimum absolute atomic E-state index is 0.0456. The molecule has 7 heteroatoms. The molecule has 1 heterocycles. The highest BCUT2D eigenvalue weighted by Crippen LogP contribution is 2.16. The zero-order valence-corrected chi connectivity index (χ0v) is 11.5. The van der Waals surface area contributed by atoms with Crippen LogP contribution in [0.2, 0.25) is 0 Å². The number of furan rings is 1. The van der Waals surface area contributed by atoms with Crippen LogP contribution in [0.5, 0.6) is 0 Å². The normalized spacial score (nSPS) is 13.3. The van der Waals surface area contributed by atoms with E-state index in [4.69, 9.17) is 4.42 Å². The molecule has 1 aromatic carbocycles. The highest BCUT2D eigenvalue weighted by molar-refractivity contribution is 7.89. The van der Waals surface area contributed by atoms with Crippen LogP contribution >= 0.6 is 0 Å². The Balaban J connectivity index is 2.09. The fourth-order valence-electron chi connectivity index (χ4n) is 1.64. The lowest BCUT2D eigenvalue weighted by Gasteiger charge is -2.11. The summed E-state index contributed by atoms with van der Waals surface area (Å²) in [5.74, 6) is -0.470. The molecule has 0 spiro atoms. The lowest BCUT2D eigenvalue weighted by atomic mass is 10.2. The number of aliphatic hydroxyl groups is 1. The first kappa shape index (κ1) is 14.7. The second kappa shape index (κ2) is 5.74. The summed E-state index contributed by atoms with van der Waals surface area (Å²) in [6.07, 6.45) is 1.71. The Labute approximate surface area is 116 Å². The van der Waals surface area contributed by atoms with Crippen molar-refractivity contribution in [3.8, 4) is 0 Å². The lowest BCUT2D eigenvalue weighted by Crippen LogP contribution is -2.28. The lowest BCUT2D eigenvalue weighted by molar-refractivity contribution is 0.181.